The molecule has 1 atom stereocenters. The Morgan fingerprint density at radius 2 is 1.74 bits per heavy atom. The molecule has 0 aliphatic rings. The van der Waals surface area contributed by atoms with E-state index in [-0.39, 0.29) is 17.0 Å². The summed E-state index contributed by atoms with van der Waals surface area (Å²) in [6.07, 6.45) is 2.30. The summed E-state index contributed by atoms with van der Waals surface area (Å²) in [5.74, 6) is -0.894. The van der Waals surface area contributed by atoms with Gasteiger partial charge in [0.05, 0.1) is 0 Å². The Morgan fingerprint density at radius 1 is 1.16 bits per heavy atom. The van der Waals surface area contributed by atoms with Crippen LogP contribution in [0.25, 0.3) is 0 Å². The maximum atomic E-state index is 13.7. The molecule has 1 rings (SSSR count). The predicted molar refractivity (Wildman–Crippen MR) is 76.2 cm³/mol. The third-order valence-corrected chi connectivity index (χ3v) is 3.05. The van der Waals surface area contributed by atoms with Gasteiger partial charge in [0.1, 0.15) is 11.6 Å². The minimum absolute atomic E-state index is 0.103. The molecule has 1 aromatic carbocycles. The van der Waals surface area contributed by atoms with E-state index in [1.165, 1.54) is 18.2 Å². The van der Waals surface area contributed by atoms with E-state index >= 15 is 0 Å². The molecule has 1 aromatic rings. The first kappa shape index (κ1) is 16.1. The maximum absolute atomic E-state index is 13.7. The minimum Gasteiger partial charge on any atom is -0.314 e. The van der Waals surface area contributed by atoms with Crippen LogP contribution in [0.1, 0.15) is 46.1 Å². The monoisotopic (exact) mass is 269 g/mol. The van der Waals surface area contributed by atoms with Gasteiger partial charge in [0.15, 0.2) is 0 Å². The summed E-state index contributed by atoms with van der Waals surface area (Å²) in [5.41, 5.74) is 0.327. The number of rotatable bonds is 6. The van der Waals surface area contributed by atoms with Gasteiger partial charge in [0.2, 0.25) is 0 Å². The highest BCUT2D eigenvalue weighted by molar-refractivity contribution is 5.20. The van der Waals surface area contributed by atoms with Crippen LogP contribution in [0.5, 0.6) is 0 Å². The third-order valence-electron chi connectivity index (χ3n) is 3.05. The number of nitrogens with one attached hydrogen (secondary N) is 1. The molecule has 0 saturated carbocycles. The van der Waals surface area contributed by atoms with Gasteiger partial charge < -0.3 is 5.32 Å². The van der Waals surface area contributed by atoms with Crippen molar-refractivity contribution in [3.05, 3.63) is 35.4 Å². The van der Waals surface area contributed by atoms with E-state index in [9.17, 15) is 8.78 Å². The van der Waals surface area contributed by atoms with Crippen molar-refractivity contribution in [2.24, 2.45) is 5.41 Å². The Balaban J connectivity index is 2.81. The third kappa shape index (κ3) is 5.68. The fourth-order valence-electron chi connectivity index (χ4n) is 2.28. The van der Waals surface area contributed by atoms with Crippen molar-refractivity contribution in [1.82, 2.24) is 5.32 Å². The summed E-state index contributed by atoms with van der Waals surface area (Å²) < 4.78 is 27.4. The topological polar surface area (TPSA) is 12.0 Å². The van der Waals surface area contributed by atoms with E-state index in [2.05, 4.69) is 33.0 Å². The highest BCUT2D eigenvalue weighted by atomic mass is 19.1. The summed E-state index contributed by atoms with van der Waals surface area (Å²) in [7, 11) is 0. The van der Waals surface area contributed by atoms with Crippen LogP contribution in [0.3, 0.4) is 0 Å². The van der Waals surface area contributed by atoms with Crippen LogP contribution in [-0.4, -0.2) is 12.6 Å². The second-order valence-corrected chi connectivity index (χ2v) is 6.32. The van der Waals surface area contributed by atoms with E-state index in [0.717, 1.165) is 19.4 Å². The second kappa shape index (κ2) is 6.99. The normalized spacial score (nSPS) is 13.6. The summed E-state index contributed by atoms with van der Waals surface area (Å²) in [6.45, 7) is 9.39. The van der Waals surface area contributed by atoms with Gasteiger partial charge in [-0.1, -0.05) is 33.8 Å². The molecule has 0 radical (unpaired) electrons. The number of hydrogen-bond acceptors (Lipinski definition) is 1. The average Bonchev–Trinajstić information content (AvgIpc) is 2.29. The molecule has 0 aliphatic heterocycles. The molecule has 1 unspecified atom stereocenters. The molecule has 0 saturated heterocycles. The molecule has 1 N–H and O–H groups in total. The number of hydrogen-bond donors (Lipinski definition) is 1. The molecule has 108 valence electrons. The first-order valence-electron chi connectivity index (χ1n) is 6.99. The van der Waals surface area contributed by atoms with Gasteiger partial charge in [0, 0.05) is 11.6 Å². The summed E-state index contributed by atoms with van der Waals surface area (Å²) in [4.78, 5) is 0. The van der Waals surface area contributed by atoms with Crippen molar-refractivity contribution in [3.8, 4) is 0 Å². The lowest BCUT2D eigenvalue weighted by atomic mass is 9.85. The first-order valence-corrected chi connectivity index (χ1v) is 6.99. The molecule has 3 heteroatoms. The largest absolute Gasteiger partial charge is 0.314 e. The van der Waals surface area contributed by atoms with E-state index in [0.29, 0.717) is 6.42 Å². The SMILES string of the molecule is CCCNC(Cc1c(F)cccc1F)CC(C)(C)C. The van der Waals surface area contributed by atoms with Crippen LogP contribution in [0.2, 0.25) is 0 Å². The molecule has 0 aliphatic carbocycles. The highest BCUT2D eigenvalue weighted by Gasteiger charge is 2.21. The summed E-state index contributed by atoms with van der Waals surface area (Å²) >= 11 is 0. The van der Waals surface area contributed by atoms with Crippen molar-refractivity contribution >= 4 is 0 Å². The zero-order valence-electron chi connectivity index (χ0n) is 12.4. The predicted octanol–water partition coefficient (Wildman–Crippen LogP) is 4.31. The standard InChI is InChI=1S/C16H25F2N/c1-5-9-19-12(11-16(2,3)4)10-13-14(17)7-6-8-15(13)18/h6-8,12,19H,5,9-11H2,1-4H3. The van der Waals surface area contributed by atoms with Crippen LogP contribution in [-0.2, 0) is 6.42 Å². The van der Waals surface area contributed by atoms with Gasteiger partial charge in [-0.3, -0.25) is 0 Å². The fourth-order valence-corrected chi connectivity index (χ4v) is 2.28. The lowest BCUT2D eigenvalue weighted by Crippen LogP contribution is -2.35. The van der Waals surface area contributed by atoms with Crippen LogP contribution < -0.4 is 5.32 Å². The van der Waals surface area contributed by atoms with Crippen molar-refractivity contribution in [3.63, 3.8) is 0 Å². The van der Waals surface area contributed by atoms with Gasteiger partial charge in [-0.25, -0.2) is 8.78 Å². The zero-order chi connectivity index (χ0) is 14.5. The van der Waals surface area contributed by atoms with Crippen molar-refractivity contribution in [1.29, 1.82) is 0 Å². The molecule has 19 heavy (non-hydrogen) atoms. The lowest BCUT2D eigenvalue weighted by molar-refractivity contribution is 0.303. The van der Waals surface area contributed by atoms with Gasteiger partial charge >= 0.3 is 0 Å². The van der Waals surface area contributed by atoms with Gasteiger partial charge in [-0.15, -0.1) is 0 Å². The van der Waals surface area contributed by atoms with Crippen LogP contribution >= 0.6 is 0 Å². The maximum Gasteiger partial charge on any atom is 0.129 e. The minimum atomic E-state index is -0.447. The molecular formula is C16H25F2N. The van der Waals surface area contributed by atoms with Crippen LogP contribution in [0.15, 0.2) is 18.2 Å². The first-order chi connectivity index (χ1) is 8.83. The van der Waals surface area contributed by atoms with E-state index < -0.39 is 11.6 Å². The smallest absolute Gasteiger partial charge is 0.129 e. The molecule has 0 bridgehead atoms. The molecule has 0 fully saturated rings. The molecule has 0 amide bonds. The Hall–Kier alpha value is -0.960. The molecule has 0 aromatic heterocycles. The lowest BCUT2D eigenvalue weighted by Gasteiger charge is -2.27. The molecule has 1 nitrogen and oxygen atoms in total. The molecule has 0 spiro atoms. The Labute approximate surface area is 115 Å². The number of halogens is 2. The summed E-state index contributed by atoms with van der Waals surface area (Å²) in [5, 5.41) is 3.40. The number of benzene rings is 1. The fraction of sp³-hybridized carbons (Fsp3) is 0.625. The summed E-state index contributed by atoms with van der Waals surface area (Å²) in [6, 6.07) is 4.16. The Morgan fingerprint density at radius 3 is 2.21 bits per heavy atom. The average molecular weight is 269 g/mol. The van der Waals surface area contributed by atoms with E-state index in [1.54, 1.807) is 0 Å². The quantitative estimate of drug-likeness (QED) is 0.811. The Bertz CT molecular complexity index is 376. The van der Waals surface area contributed by atoms with Crippen molar-refractivity contribution < 1.29 is 8.78 Å². The van der Waals surface area contributed by atoms with Crippen molar-refractivity contribution in [2.45, 2.75) is 53.0 Å². The van der Waals surface area contributed by atoms with Crippen LogP contribution in [0, 0.1) is 17.0 Å². The van der Waals surface area contributed by atoms with Crippen LogP contribution in [0.4, 0.5) is 8.78 Å². The molecular weight excluding hydrogens is 244 g/mol. The van der Waals surface area contributed by atoms with Gasteiger partial charge in [-0.05, 0) is 43.4 Å². The van der Waals surface area contributed by atoms with E-state index in [4.69, 9.17) is 0 Å². The van der Waals surface area contributed by atoms with Gasteiger partial charge in [-0.2, -0.15) is 0 Å². The zero-order valence-corrected chi connectivity index (χ0v) is 12.4. The molecule has 0 heterocycles. The van der Waals surface area contributed by atoms with Crippen molar-refractivity contribution in [2.75, 3.05) is 6.54 Å². The second-order valence-electron chi connectivity index (χ2n) is 6.32. The highest BCUT2D eigenvalue weighted by Crippen LogP contribution is 2.24. The van der Waals surface area contributed by atoms with Gasteiger partial charge in [0.25, 0.3) is 0 Å². The van der Waals surface area contributed by atoms with E-state index in [1.807, 2.05) is 0 Å². The Kier molecular flexibility index (Phi) is 5.92.